The van der Waals surface area contributed by atoms with Crippen LogP contribution in [0.5, 0.6) is 5.75 Å². The van der Waals surface area contributed by atoms with Crippen molar-refractivity contribution in [2.24, 2.45) is 0 Å². The maximum atomic E-state index is 12.2. The van der Waals surface area contributed by atoms with E-state index < -0.39 is 6.29 Å². The minimum absolute atomic E-state index is 0.00997. The molecule has 1 aliphatic heterocycles. The van der Waals surface area contributed by atoms with Crippen molar-refractivity contribution < 1.29 is 19.0 Å². The standard InChI is InChI=1S/C20H23NO4/c1-23-17-9-7-16(8-10-17)20-24-12-11-18(25-20)13-19(22)21-14-15-5-3-2-4-6-15/h2-10,18,20H,11-14H2,1H3,(H,21,22). The molecule has 3 rings (SSSR count). The van der Waals surface area contributed by atoms with Crippen molar-refractivity contribution in [2.45, 2.75) is 31.8 Å². The van der Waals surface area contributed by atoms with E-state index in [1.54, 1.807) is 7.11 Å². The van der Waals surface area contributed by atoms with Crippen LogP contribution in [0.1, 0.15) is 30.3 Å². The van der Waals surface area contributed by atoms with Crippen LogP contribution in [0, 0.1) is 0 Å². The number of carbonyl (C=O) groups excluding carboxylic acids is 1. The Balaban J connectivity index is 1.49. The van der Waals surface area contributed by atoms with Gasteiger partial charge in [0.15, 0.2) is 6.29 Å². The highest BCUT2D eigenvalue weighted by Gasteiger charge is 2.26. The molecule has 2 unspecified atom stereocenters. The lowest BCUT2D eigenvalue weighted by molar-refractivity contribution is -0.218. The van der Waals surface area contributed by atoms with Gasteiger partial charge in [-0.3, -0.25) is 4.79 Å². The molecule has 0 aliphatic carbocycles. The molecule has 1 fully saturated rings. The Hall–Kier alpha value is -2.37. The Morgan fingerprint density at radius 1 is 1.16 bits per heavy atom. The summed E-state index contributed by atoms with van der Waals surface area (Å²) in [6, 6.07) is 17.4. The van der Waals surface area contributed by atoms with Gasteiger partial charge in [-0.1, -0.05) is 42.5 Å². The second-order valence-electron chi connectivity index (χ2n) is 5.99. The predicted octanol–water partition coefficient (Wildman–Crippen LogP) is 3.21. The van der Waals surface area contributed by atoms with Crippen LogP contribution in [0.25, 0.3) is 0 Å². The van der Waals surface area contributed by atoms with Gasteiger partial charge in [0, 0.05) is 12.1 Å². The molecule has 0 saturated carbocycles. The lowest BCUT2D eigenvalue weighted by atomic mass is 10.1. The van der Waals surface area contributed by atoms with Gasteiger partial charge in [0.25, 0.3) is 0 Å². The highest BCUT2D eigenvalue weighted by Crippen LogP contribution is 2.28. The molecular weight excluding hydrogens is 318 g/mol. The van der Waals surface area contributed by atoms with Gasteiger partial charge in [0.2, 0.25) is 5.91 Å². The number of methoxy groups -OCH3 is 1. The molecule has 1 amide bonds. The predicted molar refractivity (Wildman–Crippen MR) is 94.1 cm³/mol. The third kappa shape index (κ3) is 5.05. The normalized spacial score (nSPS) is 20.0. The van der Waals surface area contributed by atoms with Crippen LogP contribution in [0.3, 0.4) is 0 Å². The van der Waals surface area contributed by atoms with Crippen LogP contribution in [0.4, 0.5) is 0 Å². The fourth-order valence-electron chi connectivity index (χ4n) is 2.75. The zero-order valence-electron chi connectivity index (χ0n) is 14.3. The fraction of sp³-hybridized carbons (Fsp3) is 0.350. The van der Waals surface area contributed by atoms with Crippen LogP contribution in [-0.2, 0) is 20.8 Å². The monoisotopic (exact) mass is 341 g/mol. The van der Waals surface area contributed by atoms with E-state index in [9.17, 15) is 4.79 Å². The molecule has 5 nitrogen and oxygen atoms in total. The van der Waals surface area contributed by atoms with E-state index in [-0.39, 0.29) is 12.0 Å². The minimum Gasteiger partial charge on any atom is -0.497 e. The van der Waals surface area contributed by atoms with Crippen LogP contribution in [0.15, 0.2) is 54.6 Å². The number of amides is 1. The maximum absolute atomic E-state index is 12.2. The quantitative estimate of drug-likeness (QED) is 0.877. The average Bonchev–Trinajstić information content (AvgIpc) is 2.67. The van der Waals surface area contributed by atoms with Crippen molar-refractivity contribution in [3.8, 4) is 5.75 Å². The van der Waals surface area contributed by atoms with E-state index in [1.165, 1.54) is 0 Å². The lowest BCUT2D eigenvalue weighted by Gasteiger charge is -2.30. The number of nitrogens with one attached hydrogen (secondary N) is 1. The summed E-state index contributed by atoms with van der Waals surface area (Å²) in [5.74, 6) is 0.778. The zero-order chi connectivity index (χ0) is 17.5. The van der Waals surface area contributed by atoms with Gasteiger partial charge in [-0.15, -0.1) is 0 Å². The molecule has 132 valence electrons. The van der Waals surface area contributed by atoms with Crippen LogP contribution >= 0.6 is 0 Å². The summed E-state index contributed by atoms with van der Waals surface area (Å²) in [4.78, 5) is 12.2. The van der Waals surface area contributed by atoms with Crippen molar-refractivity contribution in [2.75, 3.05) is 13.7 Å². The third-order valence-corrected chi connectivity index (χ3v) is 4.16. The second kappa shape index (κ2) is 8.65. The number of hydrogen-bond acceptors (Lipinski definition) is 4. The molecule has 1 saturated heterocycles. The van der Waals surface area contributed by atoms with Gasteiger partial charge in [0.05, 0.1) is 26.2 Å². The fourth-order valence-corrected chi connectivity index (χ4v) is 2.75. The molecule has 5 heteroatoms. The number of benzene rings is 2. The van der Waals surface area contributed by atoms with Gasteiger partial charge in [0.1, 0.15) is 5.75 Å². The number of carbonyl (C=O) groups is 1. The van der Waals surface area contributed by atoms with Gasteiger partial charge in [-0.05, 0) is 24.1 Å². The van der Waals surface area contributed by atoms with Gasteiger partial charge in [-0.25, -0.2) is 0 Å². The highest BCUT2D eigenvalue weighted by atomic mass is 16.7. The third-order valence-electron chi connectivity index (χ3n) is 4.16. The summed E-state index contributed by atoms with van der Waals surface area (Å²) in [5.41, 5.74) is 2.01. The van der Waals surface area contributed by atoms with Crippen LogP contribution in [-0.4, -0.2) is 25.7 Å². The smallest absolute Gasteiger partial charge is 0.222 e. The molecule has 0 spiro atoms. The first-order valence-electron chi connectivity index (χ1n) is 8.46. The Kier molecular flexibility index (Phi) is 6.04. The Morgan fingerprint density at radius 3 is 2.64 bits per heavy atom. The minimum atomic E-state index is -0.438. The molecule has 0 aromatic heterocycles. The largest absolute Gasteiger partial charge is 0.497 e. The summed E-state index contributed by atoms with van der Waals surface area (Å²) in [6.45, 7) is 1.11. The first-order valence-corrected chi connectivity index (χ1v) is 8.46. The maximum Gasteiger partial charge on any atom is 0.222 e. The number of ether oxygens (including phenoxy) is 3. The summed E-state index contributed by atoms with van der Waals surface area (Å²) in [5, 5.41) is 2.94. The summed E-state index contributed by atoms with van der Waals surface area (Å²) in [7, 11) is 1.63. The van der Waals surface area contributed by atoms with Crippen molar-refractivity contribution in [3.05, 3.63) is 65.7 Å². The Bertz CT molecular complexity index is 672. The number of hydrogen-bond donors (Lipinski definition) is 1. The molecule has 2 aromatic rings. The van der Waals surface area contributed by atoms with E-state index in [0.29, 0.717) is 26.0 Å². The Morgan fingerprint density at radius 2 is 1.92 bits per heavy atom. The second-order valence-corrected chi connectivity index (χ2v) is 5.99. The van der Waals surface area contributed by atoms with Crippen molar-refractivity contribution >= 4 is 5.91 Å². The summed E-state index contributed by atoms with van der Waals surface area (Å²) in [6.07, 6.45) is 0.469. The van der Waals surface area contributed by atoms with Crippen molar-refractivity contribution in [1.29, 1.82) is 0 Å². The molecule has 1 aliphatic rings. The summed E-state index contributed by atoms with van der Waals surface area (Å²) < 4.78 is 16.8. The van der Waals surface area contributed by atoms with E-state index in [1.807, 2.05) is 54.6 Å². The molecule has 1 heterocycles. The first-order chi connectivity index (χ1) is 12.2. The van der Waals surface area contributed by atoms with E-state index >= 15 is 0 Å². The van der Waals surface area contributed by atoms with E-state index in [4.69, 9.17) is 14.2 Å². The molecular formula is C20H23NO4. The SMILES string of the molecule is COc1ccc(C2OCCC(CC(=O)NCc3ccccc3)O2)cc1. The van der Waals surface area contributed by atoms with Crippen molar-refractivity contribution in [1.82, 2.24) is 5.32 Å². The van der Waals surface area contributed by atoms with Gasteiger partial charge < -0.3 is 19.5 Å². The zero-order valence-corrected chi connectivity index (χ0v) is 14.3. The Labute approximate surface area is 147 Å². The molecule has 0 radical (unpaired) electrons. The van der Waals surface area contributed by atoms with Crippen LogP contribution in [0.2, 0.25) is 0 Å². The van der Waals surface area contributed by atoms with Gasteiger partial charge >= 0.3 is 0 Å². The number of rotatable bonds is 6. The summed E-state index contributed by atoms with van der Waals surface area (Å²) >= 11 is 0. The molecule has 2 aromatic carbocycles. The van der Waals surface area contributed by atoms with Gasteiger partial charge in [-0.2, -0.15) is 0 Å². The van der Waals surface area contributed by atoms with E-state index in [2.05, 4.69) is 5.32 Å². The topological polar surface area (TPSA) is 56.8 Å². The molecule has 1 N–H and O–H groups in total. The average molecular weight is 341 g/mol. The molecule has 25 heavy (non-hydrogen) atoms. The first kappa shape index (κ1) is 17.5. The van der Waals surface area contributed by atoms with Crippen LogP contribution < -0.4 is 10.1 Å². The van der Waals surface area contributed by atoms with Crippen molar-refractivity contribution in [3.63, 3.8) is 0 Å². The van der Waals surface area contributed by atoms with E-state index in [0.717, 1.165) is 16.9 Å². The highest BCUT2D eigenvalue weighted by molar-refractivity contribution is 5.76. The lowest BCUT2D eigenvalue weighted by Crippen LogP contribution is -2.33. The molecule has 2 atom stereocenters. The molecule has 0 bridgehead atoms.